The number of carbonyl (C=O) groups is 2. The van der Waals surface area contributed by atoms with Crippen LogP contribution in [-0.4, -0.2) is 31.1 Å². The maximum absolute atomic E-state index is 12.5. The van der Waals surface area contributed by atoms with E-state index in [1.807, 2.05) is 54.6 Å². The van der Waals surface area contributed by atoms with Gasteiger partial charge in [-0.3, -0.25) is 4.79 Å². The summed E-state index contributed by atoms with van der Waals surface area (Å²) >= 11 is 0. The first-order valence-electron chi connectivity index (χ1n) is 9.25. The molecule has 2 N–H and O–H groups in total. The van der Waals surface area contributed by atoms with Gasteiger partial charge >= 0.3 is 6.09 Å². The molecule has 27 heavy (non-hydrogen) atoms. The molecular formula is C21H25N3O3. The monoisotopic (exact) mass is 367 g/mol. The van der Waals surface area contributed by atoms with Crippen molar-refractivity contribution in [1.29, 1.82) is 0 Å². The number of ether oxygens (including phenoxy) is 1. The van der Waals surface area contributed by atoms with Crippen molar-refractivity contribution in [3.8, 4) is 0 Å². The highest BCUT2D eigenvalue weighted by Crippen LogP contribution is 2.28. The predicted octanol–water partition coefficient (Wildman–Crippen LogP) is 3.54. The third kappa shape index (κ3) is 5.23. The van der Waals surface area contributed by atoms with Gasteiger partial charge in [-0.25, -0.2) is 4.79 Å². The van der Waals surface area contributed by atoms with Crippen molar-refractivity contribution in [2.45, 2.75) is 32.4 Å². The Bertz CT molecular complexity index is 773. The Labute approximate surface area is 159 Å². The van der Waals surface area contributed by atoms with Crippen molar-refractivity contribution >= 4 is 23.4 Å². The summed E-state index contributed by atoms with van der Waals surface area (Å²) in [7, 11) is 0. The highest BCUT2D eigenvalue weighted by atomic mass is 16.5. The fourth-order valence-corrected chi connectivity index (χ4v) is 3.06. The van der Waals surface area contributed by atoms with Crippen molar-refractivity contribution < 1.29 is 14.3 Å². The highest BCUT2D eigenvalue weighted by Gasteiger charge is 2.20. The van der Waals surface area contributed by atoms with Crippen molar-refractivity contribution in [2.24, 2.45) is 0 Å². The van der Waals surface area contributed by atoms with Gasteiger partial charge in [-0.05, 0) is 37.5 Å². The van der Waals surface area contributed by atoms with E-state index in [-0.39, 0.29) is 12.5 Å². The number of carbonyl (C=O) groups excluding carboxylic acids is 2. The number of para-hydroxylation sites is 2. The van der Waals surface area contributed by atoms with Gasteiger partial charge in [0.2, 0.25) is 5.91 Å². The maximum atomic E-state index is 12.5. The second-order valence-corrected chi connectivity index (χ2v) is 6.63. The highest BCUT2D eigenvalue weighted by molar-refractivity contribution is 5.98. The van der Waals surface area contributed by atoms with Crippen LogP contribution in [0, 0.1) is 0 Å². The molecule has 2 aromatic carbocycles. The van der Waals surface area contributed by atoms with Crippen LogP contribution in [0.3, 0.4) is 0 Å². The molecule has 0 spiro atoms. The van der Waals surface area contributed by atoms with Crippen LogP contribution >= 0.6 is 0 Å². The summed E-state index contributed by atoms with van der Waals surface area (Å²) in [6, 6.07) is 16.4. The number of amides is 2. The number of hydrogen-bond donors (Lipinski definition) is 2. The van der Waals surface area contributed by atoms with Crippen LogP contribution < -0.4 is 15.5 Å². The minimum absolute atomic E-state index is 0.165. The molecule has 0 saturated carbocycles. The number of nitrogens with one attached hydrogen (secondary N) is 2. The fourth-order valence-electron chi connectivity index (χ4n) is 3.06. The molecule has 6 heteroatoms. The quantitative estimate of drug-likeness (QED) is 0.819. The average Bonchev–Trinajstić information content (AvgIpc) is 3.22. The summed E-state index contributed by atoms with van der Waals surface area (Å²) in [5.41, 5.74) is 2.67. The van der Waals surface area contributed by atoms with E-state index in [0.29, 0.717) is 0 Å². The van der Waals surface area contributed by atoms with Crippen molar-refractivity contribution in [3.63, 3.8) is 0 Å². The fraction of sp³-hybridized carbons (Fsp3) is 0.333. The molecule has 3 rings (SSSR count). The molecule has 6 nitrogen and oxygen atoms in total. The molecule has 0 aliphatic carbocycles. The van der Waals surface area contributed by atoms with E-state index in [0.717, 1.165) is 42.9 Å². The van der Waals surface area contributed by atoms with Crippen molar-refractivity contribution in [3.05, 3.63) is 60.2 Å². The van der Waals surface area contributed by atoms with Gasteiger partial charge in [-0.1, -0.05) is 42.5 Å². The molecular weight excluding hydrogens is 342 g/mol. The number of anilines is 2. The van der Waals surface area contributed by atoms with E-state index < -0.39 is 12.1 Å². The molecule has 2 aromatic rings. The molecule has 0 unspecified atom stereocenters. The lowest BCUT2D eigenvalue weighted by molar-refractivity contribution is -0.117. The van der Waals surface area contributed by atoms with E-state index in [1.54, 1.807) is 6.92 Å². The van der Waals surface area contributed by atoms with Crippen LogP contribution in [0.1, 0.15) is 25.3 Å². The molecule has 1 atom stereocenters. The number of benzene rings is 2. The Morgan fingerprint density at radius 1 is 1.04 bits per heavy atom. The van der Waals surface area contributed by atoms with Crippen molar-refractivity contribution in [2.75, 3.05) is 23.3 Å². The summed E-state index contributed by atoms with van der Waals surface area (Å²) < 4.78 is 5.17. The summed E-state index contributed by atoms with van der Waals surface area (Å²) in [6.45, 7) is 3.79. The van der Waals surface area contributed by atoms with Crippen LogP contribution in [0.25, 0.3) is 0 Å². The van der Waals surface area contributed by atoms with Crippen LogP contribution in [0.2, 0.25) is 0 Å². The largest absolute Gasteiger partial charge is 0.445 e. The first-order valence-corrected chi connectivity index (χ1v) is 9.25. The zero-order chi connectivity index (χ0) is 19.1. The Kier molecular flexibility index (Phi) is 6.30. The van der Waals surface area contributed by atoms with Gasteiger partial charge < -0.3 is 20.3 Å². The smallest absolute Gasteiger partial charge is 0.408 e. The third-order valence-corrected chi connectivity index (χ3v) is 4.55. The van der Waals surface area contributed by atoms with Gasteiger partial charge in [0.15, 0.2) is 0 Å². The Morgan fingerprint density at radius 2 is 1.70 bits per heavy atom. The van der Waals surface area contributed by atoms with E-state index in [2.05, 4.69) is 15.5 Å². The summed E-state index contributed by atoms with van der Waals surface area (Å²) in [5, 5.41) is 5.49. The van der Waals surface area contributed by atoms with Crippen LogP contribution in [-0.2, 0) is 16.1 Å². The van der Waals surface area contributed by atoms with Gasteiger partial charge in [-0.2, -0.15) is 0 Å². The molecule has 0 aromatic heterocycles. The lowest BCUT2D eigenvalue weighted by atomic mass is 10.2. The SMILES string of the molecule is C[C@H](NC(=O)OCc1ccccc1)C(=O)Nc1ccccc1N1CCCC1. The number of nitrogens with zero attached hydrogens (tertiary/aromatic N) is 1. The standard InChI is InChI=1S/C21H25N3O3/c1-16(22-21(26)27-15-17-9-3-2-4-10-17)20(25)23-18-11-5-6-12-19(18)24-13-7-8-14-24/h2-6,9-12,16H,7-8,13-15H2,1H3,(H,22,26)(H,23,25)/t16-/m0/s1. The Morgan fingerprint density at radius 3 is 2.44 bits per heavy atom. The average molecular weight is 367 g/mol. The summed E-state index contributed by atoms with van der Waals surface area (Å²) in [5.74, 6) is -0.279. The lowest BCUT2D eigenvalue weighted by Crippen LogP contribution is -2.42. The van der Waals surface area contributed by atoms with E-state index in [4.69, 9.17) is 4.74 Å². The molecule has 1 saturated heterocycles. The molecule has 1 aliphatic heterocycles. The second-order valence-electron chi connectivity index (χ2n) is 6.63. The topological polar surface area (TPSA) is 70.7 Å². The van der Waals surface area contributed by atoms with Gasteiger partial charge in [0, 0.05) is 13.1 Å². The van der Waals surface area contributed by atoms with Crippen LogP contribution in [0.4, 0.5) is 16.2 Å². The molecule has 2 amide bonds. The van der Waals surface area contributed by atoms with Gasteiger partial charge in [0.25, 0.3) is 0 Å². The zero-order valence-electron chi connectivity index (χ0n) is 15.5. The van der Waals surface area contributed by atoms with Gasteiger partial charge in [0.05, 0.1) is 11.4 Å². The normalized spacial score (nSPS) is 14.5. The first-order chi connectivity index (χ1) is 13.1. The summed E-state index contributed by atoms with van der Waals surface area (Å²) in [4.78, 5) is 26.7. The molecule has 1 aliphatic rings. The minimum atomic E-state index is -0.708. The van der Waals surface area contributed by atoms with E-state index in [9.17, 15) is 9.59 Å². The lowest BCUT2D eigenvalue weighted by Gasteiger charge is -2.22. The van der Waals surface area contributed by atoms with E-state index >= 15 is 0 Å². The van der Waals surface area contributed by atoms with Crippen LogP contribution in [0.5, 0.6) is 0 Å². The molecule has 0 bridgehead atoms. The Balaban J connectivity index is 1.52. The number of alkyl carbamates (subject to hydrolysis) is 1. The van der Waals surface area contributed by atoms with Gasteiger partial charge in [-0.15, -0.1) is 0 Å². The number of hydrogen-bond acceptors (Lipinski definition) is 4. The van der Waals surface area contributed by atoms with Crippen molar-refractivity contribution in [1.82, 2.24) is 5.32 Å². The summed E-state index contributed by atoms with van der Waals surface area (Å²) in [6.07, 6.45) is 1.70. The Hall–Kier alpha value is -3.02. The first kappa shape index (κ1) is 18.8. The third-order valence-electron chi connectivity index (χ3n) is 4.55. The molecule has 1 fully saturated rings. The molecule has 1 heterocycles. The maximum Gasteiger partial charge on any atom is 0.408 e. The second kappa shape index (κ2) is 9.07. The van der Waals surface area contributed by atoms with E-state index in [1.165, 1.54) is 0 Å². The zero-order valence-corrected chi connectivity index (χ0v) is 15.5. The molecule has 142 valence electrons. The van der Waals surface area contributed by atoms with Crippen LogP contribution in [0.15, 0.2) is 54.6 Å². The minimum Gasteiger partial charge on any atom is -0.445 e. The van der Waals surface area contributed by atoms with Gasteiger partial charge in [0.1, 0.15) is 12.6 Å². The number of rotatable bonds is 6. The molecule has 0 radical (unpaired) electrons. The predicted molar refractivity (Wildman–Crippen MR) is 106 cm³/mol.